The van der Waals surface area contributed by atoms with Crippen molar-refractivity contribution >= 4 is 17.5 Å². The second kappa shape index (κ2) is 5.97. The highest BCUT2D eigenvalue weighted by molar-refractivity contribution is 6.31. The van der Waals surface area contributed by atoms with E-state index in [0.29, 0.717) is 22.8 Å². The number of rotatable bonds is 3. The summed E-state index contributed by atoms with van der Waals surface area (Å²) in [5.74, 6) is 0.0670. The minimum Gasteiger partial charge on any atom is -0.345 e. The SMILES string of the molecule is CCN(C(=O)c1cc(Cl)cn1C)C1CCC(N)CC1. The standard InChI is InChI=1S/C14H22ClN3O/c1-3-18(12-6-4-11(16)5-7-12)14(19)13-8-10(15)9-17(13)2/h8-9,11-12H,3-7,16H2,1-2H3. The molecule has 0 atom stereocenters. The van der Waals surface area contributed by atoms with E-state index in [2.05, 4.69) is 0 Å². The van der Waals surface area contributed by atoms with Gasteiger partial charge >= 0.3 is 0 Å². The van der Waals surface area contributed by atoms with Gasteiger partial charge in [0, 0.05) is 31.9 Å². The van der Waals surface area contributed by atoms with Crippen molar-refractivity contribution in [3.05, 3.63) is 23.0 Å². The lowest BCUT2D eigenvalue weighted by Crippen LogP contribution is -2.44. The summed E-state index contributed by atoms with van der Waals surface area (Å²) in [5.41, 5.74) is 6.58. The third kappa shape index (κ3) is 3.12. The molecule has 1 aliphatic carbocycles. The molecular weight excluding hydrogens is 262 g/mol. The molecule has 0 saturated heterocycles. The van der Waals surface area contributed by atoms with Gasteiger partial charge in [0.25, 0.3) is 5.91 Å². The Balaban J connectivity index is 2.13. The van der Waals surface area contributed by atoms with Crippen molar-refractivity contribution in [1.29, 1.82) is 0 Å². The van der Waals surface area contributed by atoms with Gasteiger partial charge in [-0.05, 0) is 38.7 Å². The molecule has 1 aliphatic rings. The number of aryl methyl sites for hydroxylation is 1. The van der Waals surface area contributed by atoms with Crippen LogP contribution in [-0.2, 0) is 7.05 Å². The normalized spacial score (nSPS) is 23.4. The maximum Gasteiger partial charge on any atom is 0.270 e. The van der Waals surface area contributed by atoms with Crippen LogP contribution in [0, 0.1) is 0 Å². The first-order valence-corrected chi connectivity index (χ1v) is 7.29. The molecule has 0 radical (unpaired) electrons. The predicted octanol–water partition coefficient (Wildman–Crippen LogP) is 2.41. The van der Waals surface area contributed by atoms with E-state index >= 15 is 0 Å². The van der Waals surface area contributed by atoms with Crippen molar-refractivity contribution in [2.75, 3.05) is 6.54 Å². The Hall–Kier alpha value is -1.00. The number of nitrogens with two attached hydrogens (primary N) is 1. The van der Waals surface area contributed by atoms with E-state index in [1.807, 2.05) is 18.9 Å². The first kappa shape index (κ1) is 14.4. The van der Waals surface area contributed by atoms with Crippen molar-refractivity contribution in [1.82, 2.24) is 9.47 Å². The van der Waals surface area contributed by atoms with Crippen LogP contribution in [0.15, 0.2) is 12.3 Å². The Bertz CT molecular complexity index is 450. The summed E-state index contributed by atoms with van der Waals surface area (Å²) in [5, 5.41) is 0.604. The van der Waals surface area contributed by atoms with E-state index in [4.69, 9.17) is 17.3 Å². The van der Waals surface area contributed by atoms with Crippen molar-refractivity contribution in [2.45, 2.75) is 44.7 Å². The molecule has 1 heterocycles. The Morgan fingerprint density at radius 1 is 1.47 bits per heavy atom. The summed E-state index contributed by atoms with van der Waals surface area (Å²) in [7, 11) is 1.85. The second-order valence-electron chi connectivity index (χ2n) is 5.31. The van der Waals surface area contributed by atoms with Crippen LogP contribution in [-0.4, -0.2) is 34.0 Å². The van der Waals surface area contributed by atoms with Gasteiger partial charge in [-0.25, -0.2) is 0 Å². The smallest absolute Gasteiger partial charge is 0.270 e. The van der Waals surface area contributed by atoms with Crippen LogP contribution in [0.4, 0.5) is 0 Å². The quantitative estimate of drug-likeness (QED) is 0.926. The fourth-order valence-electron chi connectivity index (χ4n) is 2.86. The average molecular weight is 284 g/mol. The maximum absolute atomic E-state index is 12.6. The van der Waals surface area contributed by atoms with E-state index in [1.54, 1.807) is 16.8 Å². The van der Waals surface area contributed by atoms with E-state index < -0.39 is 0 Å². The third-order valence-corrected chi connectivity index (χ3v) is 4.18. The number of aromatic nitrogens is 1. The molecule has 5 heteroatoms. The summed E-state index contributed by atoms with van der Waals surface area (Å²) in [6.07, 6.45) is 5.77. The maximum atomic E-state index is 12.6. The van der Waals surface area contributed by atoms with Crippen LogP contribution < -0.4 is 5.73 Å². The van der Waals surface area contributed by atoms with Gasteiger partial charge in [0.1, 0.15) is 5.69 Å². The number of amides is 1. The Morgan fingerprint density at radius 3 is 2.58 bits per heavy atom. The van der Waals surface area contributed by atoms with Gasteiger partial charge < -0.3 is 15.2 Å². The van der Waals surface area contributed by atoms with E-state index in [1.165, 1.54) is 0 Å². The van der Waals surface area contributed by atoms with Gasteiger partial charge in [0.2, 0.25) is 0 Å². The molecule has 4 nitrogen and oxygen atoms in total. The Labute approximate surface area is 119 Å². The fraction of sp³-hybridized carbons (Fsp3) is 0.643. The van der Waals surface area contributed by atoms with E-state index in [0.717, 1.165) is 32.2 Å². The average Bonchev–Trinajstić information content (AvgIpc) is 2.71. The number of nitrogens with zero attached hydrogens (tertiary/aromatic N) is 2. The van der Waals surface area contributed by atoms with Gasteiger partial charge in [-0.15, -0.1) is 0 Å². The molecular formula is C14H22ClN3O. The number of carbonyl (C=O) groups is 1. The number of carbonyl (C=O) groups excluding carboxylic acids is 1. The summed E-state index contributed by atoms with van der Waals surface area (Å²) in [4.78, 5) is 14.6. The van der Waals surface area contributed by atoms with Crippen molar-refractivity contribution in [3.8, 4) is 0 Å². The number of hydrogen-bond acceptors (Lipinski definition) is 2. The largest absolute Gasteiger partial charge is 0.345 e. The molecule has 0 spiro atoms. The summed E-state index contributed by atoms with van der Waals surface area (Å²) in [6, 6.07) is 2.35. The molecule has 19 heavy (non-hydrogen) atoms. The van der Waals surface area contributed by atoms with Crippen molar-refractivity contribution < 1.29 is 4.79 Å². The second-order valence-corrected chi connectivity index (χ2v) is 5.75. The van der Waals surface area contributed by atoms with Crippen LogP contribution in [0.1, 0.15) is 43.1 Å². The molecule has 1 amide bonds. The Kier molecular flexibility index (Phi) is 4.53. The van der Waals surface area contributed by atoms with Crippen LogP contribution in [0.5, 0.6) is 0 Å². The number of halogens is 1. The highest BCUT2D eigenvalue weighted by Crippen LogP contribution is 2.24. The molecule has 106 valence electrons. The molecule has 1 aromatic rings. The first-order chi connectivity index (χ1) is 9.02. The predicted molar refractivity (Wildman–Crippen MR) is 77.4 cm³/mol. The molecule has 2 N–H and O–H groups in total. The van der Waals surface area contributed by atoms with Gasteiger partial charge in [-0.2, -0.15) is 0 Å². The van der Waals surface area contributed by atoms with Crippen molar-refractivity contribution in [2.24, 2.45) is 12.8 Å². The molecule has 0 aliphatic heterocycles. The minimum atomic E-state index is 0.0670. The summed E-state index contributed by atoms with van der Waals surface area (Å²) in [6.45, 7) is 2.75. The first-order valence-electron chi connectivity index (χ1n) is 6.91. The topological polar surface area (TPSA) is 51.3 Å². The van der Waals surface area contributed by atoms with Gasteiger partial charge in [0.15, 0.2) is 0 Å². The van der Waals surface area contributed by atoms with Crippen LogP contribution in [0.2, 0.25) is 5.02 Å². The zero-order valence-electron chi connectivity index (χ0n) is 11.6. The summed E-state index contributed by atoms with van der Waals surface area (Å²) < 4.78 is 1.79. The lowest BCUT2D eigenvalue weighted by atomic mass is 9.90. The van der Waals surface area contributed by atoms with E-state index in [9.17, 15) is 4.79 Å². The van der Waals surface area contributed by atoms with Gasteiger partial charge in [-0.3, -0.25) is 4.79 Å². The fourth-order valence-corrected chi connectivity index (χ4v) is 3.11. The molecule has 0 bridgehead atoms. The van der Waals surface area contributed by atoms with Crippen LogP contribution >= 0.6 is 11.6 Å². The Morgan fingerprint density at radius 2 is 2.11 bits per heavy atom. The lowest BCUT2D eigenvalue weighted by molar-refractivity contribution is 0.0631. The molecule has 0 unspecified atom stereocenters. The van der Waals surface area contributed by atoms with Crippen LogP contribution in [0.3, 0.4) is 0 Å². The van der Waals surface area contributed by atoms with Gasteiger partial charge in [0.05, 0.1) is 5.02 Å². The minimum absolute atomic E-state index is 0.0670. The van der Waals surface area contributed by atoms with Crippen LogP contribution in [0.25, 0.3) is 0 Å². The molecule has 2 rings (SSSR count). The summed E-state index contributed by atoms with van der Waals surface area (Å²) >= 11 is 5.95. The molecule has 1 fully saturated rings. The molecule has 0 aromatic carbocycles. The third-order valence-electron chi connectivity index (χ3n) is 3.97. The molecule has 1 aromatic heterocycles. The lowest BCUT2D eigenvalue weighted by Gasteiger charge is -2.35. The highest BCUT2D eigenvalue weighted by Gasteiger charge is 2.28. The highest BCUT2D eigenvalue weighted by atomic mass is 35.5. The van der Waals surface area contributed by atoms with Crippen molar-refractivity contribution in [3.63, 3.8) is 0 Å². The van der Waals surface area contributed by atoms with E-state index in [-0.39, 0.29) is 5.91 Å². The zero-order chi connectivity index (χ0) is 14.0. The zero-order valence-corrected chi connectivity index (χ0v) is 12.4. The number of hydrogen-bond donors (Lipinski definition) is 1. The monoisotopic (exact) mass is 283 g/mol. The molecule has 1 saturated carbocycles. The van der Waals surface area contributed by atoms with Gasteiger partial charge in [-0.1, -0.05) is 11.6 Å².